The van der Waals surface area contributed by atoms with Gasteiger partial charge in [-0.05, 0) is 36.2 Å². The predicted molar refractivity (Wildman–Crippen MR) is 65.8 cm³/mol. The van der Waals surface area contributed by atoms with Crippen molar-refractivity contribution in [2.24, 2.45) is 0 Å². The molecule has 5 heteroatoms. The van der Waals surface area contributed by atoms with Crippen molar-refractivity contribution in [1.29, 1.82) is 0 Å². The van der Waals surface area contributed by atoms with Crippen LogP contribution in [0.5, 0.6) is 0 Å². The molecular formula is C14H13F3N2. The molecule has 100 valence electrons. The number of halogens is 3. The molecule has 1 atom stereocenters. The number of benzene rings is 1. The lowest BCUT2D eigenvalue weighted by Crippen LogP contribution is -2.18. The van der Waals surface area contributed by atoms with Gasteiger partial charge in [-0.25, -0.2) is 13.2 Å². The molecule has 0 aliphatic heterocycles. The molecular weight excluding hydrogens is 253 g/mol. The first-order valence-corrected chi connectivity index (χ1v) is 5.84. The van der Waals surface area contributed by atoms with Gasteiger partial charge in [0.25, 0.3) is 0 Å². The normalized spacial score (nSPS) is 12.4. The van der Waals surface area contributed by atoms with Crippen LogP contribution in [0.2, 0.25) is 0 Å². The van der Waals surface area contributed by atoms with E-state index < -0.39 is 17.5 Å². The highest BCUT2D eigenvalue weighted by Gasteiger charge is 2.11. The van der Waals surface area contributed by atoms with Crippen LogP contribution in [0.1, 0.15) is 24.1 Å². The second-order valence-electron chi connectivity index (χ2n) is 4.26. The van der Waals surface area contributed by atoms with Gasteiger partial charge in [-0.15, -0.1) is 0 Å². The number of aromatic nitrogens is 1. The summed E-state index contributed by atoms with van der Waals surface area (Å²) >= 11 is 0. The standard InChI is InChI=1S/C14H13F3N2/c1-9(11-3-2-4-18-8-11)19-7-10-5-12(15)14(17)13(16)6-10/h2-6,8-9,19H,7H2,1H3/t9-/m0/s1. The number of nitrogens with zero attached hydrogens (tertiary/aromatic N) is 1. The molecule has 0 saturated carbocycles. The summed E-state index contributed by atoms with van der Waals surface area (Å²) in [6.45, 7) is 2.15. The molecule has 0 saturated heterocycles. The van der Waals surface area contributed by atoms with Crippen molar-refractivity contribution < 1.29 is 13.2 Å². The topological polar surface area (TPSA) is 24.9 Å². The van der Waals surface area contributed by atoms with Crippen molar-refractivity contribution >= 4 is 0 Å². The Labute approximate surface area is 109 Å². The first-order chi connectivity index (χ1) is 9.08. The minimum absolute atomic E-state index is 0.0233. The minimum Gasteiger partial charge on any atom is -0.306 e. The van der Waals surface area contributed by atoms with E-state index in [1.807, 2.05) is 19.1 Å². The Balaban J connectivity index is 2.03. The third kappa shape index (κ3) is 3.32. The number of pyridine rings is 1. The molecule has 0 fully saturated rings. The summed E-state index contributed by atoms with van der Waals surface area (Å²) in [5, 5.41) is 3.09. The van der Waals surface area contributed by atoms with Gasteiger partial charge in [-0.1, -0.05) is 6.07 Å². The van der Waals surface area contributed by atoms with Gasteiger partial charge in [0.1, 0.15) is 0 Å². The minimum atomic E-state index is -1.44. The van der Waals surface area contributed by atoms with E-state index in [1.165, 1.54) is 0 Å². The Morgan fingerprint density at radius 2 is 1.89 bits per heavy atom. The lowest BCUT2D eigenvalue weighted by Gasteiger charge is -2.14. The van der Waals surface area contributed by atoms with Crippen molar-refractivity contribution in [3.05, 3.63) is 65.2 Å². The van der Waals surface area contributed by atoms with Crippen molar-refractivity contribution in [3.8, 4) is 0 Å². The third-order valence-corrected chi connectivity index (χ3v) is 2.84. The average Bonchev–Trinajstić information content (AvgIpc) is 2.43. The number of nitrogens with one attached hydrogen (secondary N) is 1. The Hall–Kier alpha value is -1.88. The van der Waals surface area contributed by atoms with E-state index in [4.69, 9.17) is 0 Å². The molecule has 2 aromatic rings. The van der Waals surface area contributed by atoms with Crippen LogP contribution in [-0.4, -0.2) is 4.98 Å². The van der Waals surface area contributed by atoms with Crippen LogP contribution in [0.15, 0.2) is 36.7 Å². The molecule has 19 heavy (non-hydrogen) atoms. The van der Waals surface area contributed by atoms with Gasteiger partial charge in [0, 0.05) is 25.0 Å². The van der Waals surface area contributed by atoms with Gasteiger partial charge < -0.3 is 5.32 Å². The summed E-state index contributed by atoms with van der Waals surface area (Å²) in [5.74, 6) is -3.79. The summed E-state index contributed by atoms with van der Waals surface area (Å²) in [7, 11) is 0. The zero-order valence-electron chi connectivity index (χ0n) is 10.3. The Bertz CT molecular complexity index is 535. The molecule has 0 spiro atoms. The van der Waals surface area contributed by atoms with Crippen LogP contribution in [-0.2, 0) is 6.54 Å². The lowest BCUT2D eigenvalue weighted by molar-refractivity contribution is 0.443. The van der Waals surface area contributed by atoms with Crippen molar-refractivity contribution in [1.82, 2.24) is 10.3 Å². The molecule has 1 N–H and O–H groups in total. The average molecular weight is 266 g/mol. The van der Waals surface area contributed by atoms with Gasteiger partial charge in [0.2, 0.25) is 0 Å². The van der Waals surface area contributed by atoms with Crippen LogP contribution in [0.25, 0.3) is 0 Å². The van der Waals surface area contributed by atoms with E-state index in [1.54, 1.807) is 12.4 Å². The first-order valence-electron chi connectivity index (χ1n) is 5.84. The highest BCUT2D eigenvalue weighted by molar-refractivity contribution is 5.20. The molecule has 0 unspecified atom stereocenters. The number of hydrogen-bond donors (Lipinski definition) is 1. The van der Waals surface area contributed by atoms with Gasteiger partial charge in [0.05, 0.1) is 0 Å². The first kappa shape index (κ1) is 13.5. The third-order valence-electron chi connectivity index (χ3n) is 2.84. The fourth-order valence-electron chi connectivity index (χ4n) is 1.73. The van der Waals surface area contributed by atoms with E-state index >= 15 is 0 Å². The summed E-state index contributed by atoms with van der Waals surface area (Å²) in [4.78, 5) is 3.99. The molecule has 1 heterocycles. The second kappa shape index (κ2) is 5.84. The summed E-state index contributed by atoms with van der Waals surface area (Å²) in [5.41, 5.74) is 1.32. The molecule has 0 aliphatic rings. The monoisotopic (exact) mass is 266 g/mol. The SMILES string of the molecule is C[C@H](NCc1cc(F)c(F)c(F)c1)c1cccnc1. The van der Waals surface area contributed by atoms with Crippen LogP contribution in [0, 0.1) is 17.5 Å². The lowest BCUT2D eigenvalue weighted by atomic mass is 10.1. The van der Waals surface area contributed by atoms with Crippen molar-refractivity contribution in [3.63, 3.8) is 0 Å². The van der Waals surface area contributed by atoms with E-state index in [0.717, 1.165) is 17.7 Å². The highest BCUT2D eigenvalue weighted by Crippen LogP contribution is 2.15. The molecule has 0 amide bonds. The largest absolute Gasteiger partial charge is 0.306 e. The zero-order chi connectivity index (χ0) is 13.8. The predicted octanol–water partition coefficient (Wildman–Crippen LogP) is 3.35. The quantitative estimate of drug-likeness (QED) is 0.858. The summed E-state index contributed by atoms with van der Waals surface area (Å²) in [6, 6.07) is 5.66. The molecule has 0 aliphatic carbocycles. The van der Waals surface area contributed by atoms with Crippen molar-refractivity contribution in [2.75, 3.05) is 0 Å². The number of rotatable bonds is 4. The maximum absolute atomic E-state index is 13.0. The molecule has 0 radical (unpaired) electrons. The van der Waals surface area contributed by atoms with Gasteiger partial charge in [-0.3, -0.25) is 4.98 Å². The maximum Gasteiger partial charge on any atom is 0.194 e. The van der Waals surface area contributed by atoms with E-state index in [2.05, 4.69) is 10.3 Å². The Morgan fingerprint density at radius 3 is 2.47 bits per heavy atom. The van der Waals surface area contributed by atoms with Crippen LogP contribution in [0.4, 0.5) is 13.2 Å². The van der Waals surface area contributed by atoms with E-state index in [0.29, 0.717) is 5.56 Å². The van der Waals surface area contributed by atoms with Crippen molar-refractivity contribution in [2.45, 2.75) is 19.5 Å². The van der Waals surface area contributed by atoms with Gasteiger partial charge >= 0.3 is 0 Å². The molecule has 1 aromatic carbocycles. The van der Waals surface area contributed by atoms with E-state index in [9.17, 15) is 13.2 Å². The fourth-order valence-corrected chi connectivity index (χ4v) is 1.73. The van der Waals surface area contributed by atoms with E-state index in [-0.39, 0.29) is 12.6 Å². The highest BCUT2D eigenvalue weighted by atomic mass is 19.2. The molecule has 0 bridgehead atoms. The molecule has 2 nitrogen and oxygen atoms in total. The summed E-state index contributed by atoms with van der Waals surface area (Å²) in [6.07, 6.45) is 3.38. The zero-order valence-corrected chi connectivity index (χ0v) is 10.3. The number of hydrogen-bond acceptors (Lipinski definition) is 2. The molecule has 2 rings (SSSR count). The van der Waals surface area contributed by atoms with Gasteiger partial charge in [0.15, 0.2) is 17.5 Å². The maximum atomic E-state index is 13.0. The Morgan fingerprint density at radius 1 is 1.21 bits per heavy atom. The van der Waals surface area contributed by atoms with Crippen LogP contribution >= 0.6 is 0 Å². The van der Waals surface area contributed by atoms with Crippen LogP contribution < -0.4 is 5.32 Å². The second-order valence-corrected chi connectivity index (χ2v) is 4.26. The molecule has 1 aromatic heterocycles. The fraction of sp³-hybridized carbons (Fsp3) is 0.214. The van der Waals surface area contributed by atoms with Crippen LogP contribution in [0.3, 0.4) is 0 Å². The van der Waals surface area contributed by atoms with Gasteiger partial charge in [-0.2, -0.15) is 0 Å². The smallest absolute Gasteiger partial charge is 0.194 e. The summed E-state index contributed by atoms with van der Waals surface area (Å²) < 4.78 is 38.9. The Kier molecular flexibility index (Phi) is 4.16.